The Morgan fingerprint density at radius 3 is 2.00 bits per heavy atom. The quantitative estimate of drug-likeness (QED) is 0.179. The minimum absolute atomic E-state index is 0. The van der Waals surface area contributed by atoms with Gasteiger partial charge in [-0.25, -0.2) is 4.21 Å². The van der Waals surface area contributed by atoms with Gasteiger partial charge in [-0.1, -0.05) is 0 Å². The monoisotopic (exact) mass is 91.0 g/mol. The molecule has 0 aliphatic carbocycles. The van der Waals surface area contributed by atoms with E-state index in [1.807, 2.05) is 0 Å². The normalized spacial score (nSPS) is 12.4. The average Bonchev–Trinajstić information content (AvgIpc) is 0.811. The van der Waals surface area contributed by atoms with Crippen LogP contribution in [0.1, 0.15) is 1.43 Å². The van der Waals surface area contributed by atoms with Crippen LogP contribution >= 0.6 is 0 Å². The van der Waals surface area contributed by atoms with Crippen molar-refractivity contribution in [2.75, 3.05) is 0 Å². The van der Waals surface area contributed by atoms with Crippen LogP contribution in [0.15, 0.2) is 0 Å². The third-order valence-corrected chi connectivity index (χ3v) is 0. The van der Waals surface area contributed by atoms with E-state index in [2.05, 4.69) is 0 Å². The van der Waals surface area contributed by atoms with Crippen molar-refractivity contribution >= 4 is 11.5 Å². The Bertz CT molecular complexity index is 36.5. The topological polar surface area (TPSA) is 40.1 Å². The van der Waals surface area contributed by atoms with Gasteiger partial charge in [0.15, 0.2) is 0 Å². The third kappa shape index (κ3) is 79.4. The van der Waals surface area contributed by atoms with Crippen LogP contribution in [0.3, 0.4) is 0 Å². The van der Waals surface area contributed by atoms with Crippen molar-refractivity contribution in [1.82, 2.24) is 0 Å². The number of hydrogen-bond donors (Lipinski definition) is 0. The second-order valence-electron chi connectivity index (χ2n) is 0.194. The van der Waals surface area contributed by atoms with Crippen LogP contribution in [0.2, 0.25) is 0 Å². The third-order valence-electron chi connectivity index (χ3n) is 0. The standard InChI is InChI=1S/FHO2S.Li.H/c1-4(2)3;;/h(H,2,3);;/q;+1;-1/p-1. The molecule has 0 aliphatic rings. The maximum Gasteiger partial charge on any atom is 1.00 e. The molecule has 0 aromatic heterocycles. The summed E-state index contributed by atoms with van der Waals surface area (Å²) in [6.45, 7) is 0. The zero-order chi connectivity index (χ0) is 3.58. The van der Waals surface area contributed by atoms with Gasteiger partial charge in [-0.05, 0) is 0 Å². The van der Waals surface area contributed by atoms with Gasteiger partial charge in [-0.3, -0.25) is 0 Å². The summed E-state index contributed by atoms with van der Waals surface area (Å²) in [7, 11) is 0. The summed E-state index contributed by atoms with van der Waals surface area (Å²) >= 11 is -3.36. The molecule has 0 fully saturated rings. The summed E-state index contributed by atoms with van der Waals surface area (Å²) in [5.74, 6) is 0. The van der Waals surface area contributed by atoms with Crippen molar-refractivity contribution in [3.63, 3.8) is 0 Å². The fourth-order valence-corrected chi connectivity index (χ4v) is 0. The van der Waals surface area contributed by atoms with Crippen molar-refractivity contribution in [1.29, 1.82) is 0 Å². The van der Waals surface area contributed by atoms with E-state index in [9.17, 15) is 3.89 Å². The summed E-state index contributed by atoms with van der Waals surface area (Å²) in [5, 5.41) is 0. The van der Waals surface area contributed by atoms with E-state index in [1.165, 1.54) is 0 Å². The molecule has 0 aliphatic heterocycles. The molecule has 0 spiro atoms. The summed E-state index contributed by atoms with van der Waals surface area (Å²) in [5.41, 5.74) is 0. The second-order valence-corrected chi connectivity index (χ2v) is 0.582. The summed E-state index contributed by atoms with van der Waals surface area (Å²) in [6, 6.07) is 0. The van der Waals surface area contributed by atoms with Crippen LogP contribution in [-0.4, -0.2) is 8.76 Å². The molecule has 0 rings (SSSR count). The summed E-state index contributed by atoms with van der Waals surface area (Å²) < 4.78 is 26.6. The molecular weight excluding hydrogens is 90.0 g/mol. The van der Waals surface area contributed by atoms with Gasteiger partial charge >= 0.3 is 18.9 Å². The van der Waals surface area contributed by atoms with Gasteiger partial charge in [0.25, 0.3) is 0 Å². The van der Waals surface area contributed by atoms with Crippen LogP contribution < -0.4 is 18.9 Å². The molecule has 0 amide bonds. The Labute approximate surface area is 45.0 Å². The predicted molar refractivity (Wildman–Crippen MR) is 11.1 cm³/mol. The van der Waals surface area contributed by atoms with Gasteiger partial charge in [0.05, 0.1) is 0 Å². The molecule has 0 bridgehead atoms. The Morgan fingerprint density at radius 1 is 2.00 bits per heavy atom. The zero-order valence-corrected chi connectivity index (χ0v) is 3.42. The van der Waals surface area contributed by atoms with Crippen LogP contribution in [0.4, 0.5) is 3.89 Å². The van der Waals surface area contributed by atoms with Crippen LogP contribution in [-0.2, 0) is 11.5 Å². The van der Waals surface area contributed by atoms with Crippen LogP contribution in [0, 0.1) is 0 Å². The fourth-order valence-electron chi connectivity index (χ4n) is 0. The Balaban J connectivity index is -0.0000000450. The minimum atomic E-state index is -3.36. The molecule has 28 valence electrons. The molecule has 0 saturated carbocycles. The van der Waals surface area contributed by atoms with E-state index >= 15 is 0 Å². The molecule has 0 N–H and O–H groups in total. The molecule has 5 heteroatoms. The van der Waals surface area contributed by atoms with E-state index in [0.717, 1.165) is 0 Å². The molecule has 0 aromatic rings. The number of hydrogen-bond acceptors (Lipinski definition) is 2. The van der Waals surface area contributed by atoms with E-state index in [1.54, 1.807) is 0 Å². The van der Waals surface area contributed by atoms with Crippen LogP contribution in [0.25, 0.3) is 0 Å². The summed E-state index contributed by atoms with van der Waals surface area (Å²) in [4.78, 5) is 0. The average molecular weight is 91.0 g/mol. The van der Waals surface area contributed by atoms with Gasteiger partial charge in [-0.2, -0.15) is 0 Å². The molecule has 0 aromatic carbocycles. The number of rotatable bonds is 0. The van der Waals surface area contributed by atoms with E-state index < -0.39 is 11.5 Å². The van der Waals surface area contributed by atoms with Crippen LogP contribution in [0.5, 0.6) is 0 Å². The largest absolute Gasteiger partial charge is 1.00 e. The fraction of sp³-hybridized carbons (Fsp3) is 0. The van der Waals surface area contributed by atoms with Gasteiger partial charge in [0.2, 0.25) is 0 Å². The van der Waals surface area contributed by atoms with E-state index in [0.29, 0.717) is 0 Å². The number of halogens is 1. The van der Waals surface area contributed by atoms with Crippen molar-refractivity contribution in [3.05, 3.63) is 0 Å². The van der Waals surface area contributed by atoms with Gasteiger partial charge in [0.1, 0.15) is 11.5 Å². The van der Waals surface area contributed by atoms with Gasteiger partial charge in [-0.15, -0.1) is 3.89 Å². The first-order chi connectivity index (χ1) is 1.73. The first kappa shape index (κ1) is 9.16. The first-order valence-corrected chi connectivity index (χ1v) is 1.46. The molecule has 2 nitrogen and oxygen atoms in total. The van der Waals surface area contributed by atoms with Gasteiger partial charge < -0.3 is 5.98 Å². The van der Waals surface area contributed by atoms with Crippen molar-refractivity contribution in [3.8, 4) is 0 Å². The SMILES string of the molecule is O=S([O-])F.[H-].[Li+]. The maximum absolute atomic E-state index is 9.92. The van der Waals surface area contributed by atoms with E-state index in [4.69, 9.17) is 8.76 Å². The molecule has 0 saturated heterocycles. The molecule has 1 atom stereocenters. The Morgan fingerprint density at radius 2 is 2.00 bits per heavy atom. The minimum Gasteiger partial charge on any atom is -1.00 e. The van der Waals surface area contributed by atoms with Gasteiger partial charge in [0, 0.05) is 0 Å². The van der Waals surface area contributed by atoms with Crippen molar-refractivity contribution in [2.24, 2.45) is 0 Å². The van der Waals surface area contributed by atoms with Crippen molar-refractivity contribution in [2.45, 2.75) is 0 Å². The molecule has 0 heterocycles. The zero-order valence-electron chi connectivity index (χ0n) is 3.60. The molecule has 0 radical (unpaired) electrons. The first-order valence-electron chi connectivity index (χ1n) is 0.488. The molecular formula is HFLiO2S-. The molecule has 5 heavy (non-hydrogen) atoms. The second kappa shape index (κ2) is 4.64. The smallest absolute Gasteiger partial charge is 1.00 e. The van der Waals surface area contributed by atoms with E-state index in [-0.39, 0.29) is 20.3 Å². The van der Waals surface area contributed by atoms with Crippen molar-refractivity contribution < 1.29 is 32.9 Å². The Hall–Kier alpha value is 0.637. The summed E-state index contributed by atoms with van der Waals surface area (Å²) in [6.07, 6.45) is 0. The molecule has 1 unspecified atom stereocenters. The Kier molecular flexibility index (Phi) is 8.50. The maximum atomic E-state index is 9.92. The predicted octanol–water partition coefficient (Wildman–Crippen LogP) is -3.13.